The lowest BCUT2D eigenvalue weighted by Crippen LogP contribution is -2.20. The minimum absolute atomic E-state index is 0.228. The zero-order valence-electron chi connectivity index (χ0n) is 19.5. The third-order valence-electron chi connectivity index (χ3n) is 4.97. The fraction of sp³-hybridized carbons (Fsp3) is 0.185. The summed E-state index contributed by atoms with van der Waals surface area (Å²) >= 11 is 9.63. The number of nitriles is 1. The number of carbonyl (C=O) groups excluding carboxylic acids is 1. The van der Waals surface area contributed by atoms with Gasteiger partial charge in [0, 0.05) is 10.7 Å². The Morgan fingerprint density at radius 1 is 1.14 bits per heavy atom. The number of anilines is 1. The smallest absolute Gasteiger partial charge is 0.262 e. The number of allylic oxidation sites excluding steroid dienone is 1. The number of nitrogens with zero attached hydrogens (tertiary/aromatic N) is 1. The minimum atomic E-state index is -0.338. The molecule has 0 saturated heterocycles. The zero-order valence-corrected chi connectivity index (χ0v) is 21.9. The van der Waals surface area contributed by atoms with Crippen LogP contribution < -0.4 is 19.5 Å². The van der Waals surface area contributed by atoms with E-state index in [9.17, 15) is 10.1 Å². The fourth-order valence-corrected chi connectivity index (χ4v) is 3.95. The number of carbonyl (C=O) groups is 1. The molecule has 1 amide bonds. The molecular weight excluding hydrogens is 532 g/mol. The van der Waals surface area contributed by atoms with E-state index in [4.69, 9.17) is 25.8 Å². The van der Waals surface area contributed by atoms with Crippen molar-refractivity contribution in [3.63, 3.8) is 0 Å². The summed E-state index contributed by atoms with van der Waals surface area (Å²) < 4.78 is 17.3. The second-order valence-electron chi connectivity index (χ2n) is 7.46. The summed E-state index contributed by atoms with van der Waals surface area (Å²) in [6, 6.07) is 18.3. The van der Waals surface area contributed by atoms with E-state index in [2.05, 4.69) is 27.3 Å². The van der Waals surface area contributed by atoms with Gasteiger partial charge in [-0.2, -0.15) is 5.26 Å². The molecule has 8 heteroatoms. The van der Waals surface area contributed by atoms with E-state index in [0.717, 1.165) is 16.7 Å². The van der Waals surface area contributed by atoms with Gasteiger partial charge in [0.05, 0.1) is 29.8 Å². The van der Waals surface area contributed by atoms with Gasteiger partial charge in [0.1, 0.15) is 5.75 Å². The average Bonchev–Trinajstić information content (AvgIpc) is 2.84. The van der Waals surface area contributed by atoms with Gasteiger partial charge in [0.15, 0.2) is 18.1 Å². The van der Waals surface area contributed by atoms with Crippen molar-refractivity contribution in [1.29, 1.82) is 5.26 Å². The number of amides is 1. The Morgan fingerprint density at radius 3 is 2.51 bits per heavy atom. The van der Waals surface area contributed by atoms with Gasteiger partial charge in [-0.1, -0.05) is 17.7 Å². The fourth-order valence-electron chi connectivity index (χ4n) is 3.20. The Morgan fingerprint density at radius 2 is 1.89 bits per heavy atom. The lowest BCUT2D eigenvalue weighted by molar-refractivity contribution is -0.118. The molecule has 3 aromatic rings. The van der Waals surface area contributed by atoms with Crippen LogP contribution >= 0.6 is 27.5 Å². The SMILES string of the molecule is CCOc1cc(/C=C(\C#N)c2ccc(OC)cc2)cc(Br)c1OCC(=O)Nc1ccc(C)c(Cl)c1. The van der Waals surface area contributed by atoms with Crippen molar-refractivity contribution >= 4 is 50.8 Å². The molecule has 0 heterocycles. The number of hydrogen-bond acceptors (Lipinski definition) is 5. The van der Waals surface area contributed by atoms with Crippen LogP contribution in [0.4, 0.5) is 5.69 Å². The van der Waals surface area contributed by atoms with E-state index in [1.54, 1.807) is 49.6 Å². The number of hydrogen-bond donors (Lipinski definition) is 1. The number of ether oxygens (including phenoxy) is 3. The van der Waals surface area contributed by atoms with Crippen molar-refractivity contribution in [2.75, 3.05) is 25.6 Å². The van der Waals surface area contributed by atoms with E-state index in [1.807, 2.05) is 32.0 Å². The Kier molecular flexibility index (Phi) is 9.18. The average molecular weight is 556 g/mol. The highest BCUT2D eigenvalue weighted by atomic mass is 79.9. The molecule has 0 radical (unpaired) electrons. The van der Waals surface area contributed by atoms with Gasteiger partial charge in [0.2, 0.25) is 0 Å². The second kappa shape index (κ2) is 12.3. The molecule has 0 aliphatic carbocycles. The Hall–Kier alpha value is -3.47. The summed E-state index contributed by atoms with van der Waals surface area (Å²) in [6.07, 6.45) is 1.76. The number of aryl methyl sites for hydroxylation is 1. The summed E-state index contributed by atoms with van der Waals surface area (Å²) in [5.41, 5.74) is 3.48. The maximum absolute atomic E-state index is 12.4. The first-order valence-electron chi connectivity index (χ1n) is 10.8. The lowest BCUT2D eigenvalue weighted by Gasteiger charge is -2.15. The topological polar surface area (TPSA) is 80.6 Å². The normalized spacial score (nSPS) is 10.9. The molecule has 0 fully saturated rings. The van der Waals surface area contributed by atoms with Gasteiger partial charge in [-0.3, -0.25) is 4.79 Å². The summed E-state index contributed by atoms with van der Waals surface area (Å²) in [7, 11) is 1.59. The Bertz CT molecular complexity index is 1280. The van der Waals surface area contributed by atoms with Crippen LogP contribution in [-0.4, -0.2) is 26.2 Å². The van der Waals surface area contributed by atoms with Crippen LogP contribution in [0.25, 0.3) is 11.6 Å². The van der Waals surface area contributed by atoms with E-state index in [-0.39, 0.29) is 12.5 Å². The molecule has 0 bridgehead atoms. The highest BCUT2D eigenvalue weighted by Gasteiger charge is 2.15. The van der Waals surface area contributed by atoms with Gasteiger partial charge in [-0.15, -0.1) is 0 Å². The number of rotatable bonds is 9. The van der Waals surface area contributed by atoms with E-state index in [1.165, 1.54) is 0 Å². The third-order valence-corrected chi connectivity index (χ3v) is 5.96. The zero-order chi connectivity index (χ0) is 25.4. The molecule has 0 aliphatic rings. The van der Waals surface area contributed by atoms with Crippen molar-refractivity contribution in [2.24, 2.45) is 0 Å². The van der Waals surface area contributed by atoms with Crippen LogP contribution in [0.2, 0.25) is 5.02 Å². The monoisotopic (exact) mass is 554 g/mol. The Labute approximate surface area is 218 Å². The first kappa shape index (κ1) is 26.1. The molecule has 3 rings (SSSR count). The molecule has 0 aliphatic heterocycles. The number of methoxy groups -OCH3 is 1. The molecule has 6 nitrogen and oxygen atoms in total. The molecular formula is C27H24BrClN2O4. The van der Waals surface area contributed by atoms with Crippen LogP contribution in [-0.2, 0) is 4.79 Å². The number of halogens is 2. The van der Waals surface area contributed by atoms with Crippen LogP contribution in [0, 0.1) is 18.3 Å². The molecule has 0 unspecified atom stereocenters. The summed E-state index contributed by atoms with van der Waals surface area (Å²) in [6.45, 7) is 3.91. The first-order valence-corrected chi connectivity index (χ1v) is 11.9. The predicted molar refractivity (Wildman–Crippen MR) is 142 cm³/mol. The largest absolute Gasteiger partial charge is 0.497 e. The van der Waals surface area contributed by atoms with E-state index < -0.39 is 0 Å². The third kappa shape index (κ3) is 7.01. The molecule has 180 valence electrons. The van der Waals surface area contributed by atoms with Crippen molar-refractivity contribution < 1.29 is 19.0 Å². The van der Waals surface area contributed by atoms with Crippen molar-refractivity contribution in [1.82, 2.24) is 0 Å². The molecule has 0 spiro atoms. The van der Waals surface area contributed by atoms with Crippen LogP contribution in [0.5, 0.6) is 17.2 Å². The highest BCUT2D eigenvalue weighted by molar-refractivity contribution is 9.10. The maximum Gasteiger partial charge on any atom is 0.262 e. The van der Waals surface area contributed by atoms with E-state index >= 15 is 0 Å². The predicted octanol–water partition coefficient (Wildman–Crippen LogP) is 6.90. The number of nitrogens with one attached hydrogen (secondary N) is 1. The van der Waals surface area contributed by atoms with Crippen molar-refractivity contribution in [3.8, 4) is 23.3 Å². The van der Waals surface area contributed by atoms with Crippen LogP contribution in [0.15, 0.2) is 59.1 Å². The van der Waals surface area contributed by atoms with Gasteiger partial charge < -0.3 is 19.5 Å². The first-order chi connectivity index (χ1) is 16.8. The van der Waals surface area contributed by atoms with Gasteiger partial charge in [-0.25, -0.2) is 0 Å². The van der Waals surface area contributed by atoms with Crippen LogP contribution in [0.1, 0.15) is 23.6 Å². The van der Waals surface area contributed by atoms with Crippen LogP contribution in [0.3, 0.4) is 0 Å². The standard InChI is InChI=1S/C27H24BrClN2O4/c1-4-34-25-13-18(11-20(15-30)19-6-9-22(33-3)10-7-19)12-23(28)27(25)35-16-26(32)31-21-8-5-17(2)24(29)14-21/h5-14H,4,16H2,1-3H3,(H,31,32)/b20-11+. The Balaban J connectivity index is 1.80. The summed E-state index contributed by atoms with van der Waals surface area (Å²) in [5.74, 6) is 1.22. The maximum atomic E-state index is 12.4. The van der Waals surface area contributed by atoms with Gasteiger partial charge >= 0.3 is 0 Å². The van der Waals surface area contributed by atoms with Gasteiger partial charge in [-0.05, 0) is 101 Å². The summed E-state index contributed by atoms with van der Waals surface area (Å²) in [4.78, 5) is 12.4. The molecule has 35 heavy (non-hydrogen) atoms. The molecule has 0 aromatic heterocycles. The summed E-state index contributed by atoms with van der Waals surface area (Å²) in [5, 5.41) is 13.0. The van der Waals surface area contributed by atoms with Gasteiger partial charge in [0.25, 0.3) is 5.91 Å². The second-order valence-corrected chi connectivity index (χ2v) is 8.72. The molecule has 0 atom stereocenters. The van der Waals surface area contributed by atoms with Crippen molar-refractivity contribution in [2.45, 2.75) is 13.8 Å². The molecule has 0 saturated carbocycles. The number of benzene rings is 3. The highest BCUT2D eigenvalue weighted by Crippen LogP contribution is 2.38. The van der Waals surface area contributed by atoms with E-state index in [0.29, 0.717) is 44.6 Å². The quantitative estimate of drug-likeness (QED) is 0.229. The minimum Gasteiger partial charge on any atom is -0.497 e. The molecule has 1 N–H and O–H groups in total. The lowest BCUT2D eigenvalue weighted by atomic mass is 10.0. The van der Waals surface area contributed by atoms with Crippen molar-refractivity contribution in [3.05, 3.63) is 80.8 Å². The molecule has 3 aromatic carbocycles.